The first-order valence-corrected chi connectivity index (χ1v) is 9.47. The quantitative estimate of drug-likeness (QED) is 0.783. The van der Waals surface area contributed by atoms with Crippen LogP contribution in [-0.4, -0.2) is 11.9 Å². The molecule has 2 nitrogen and oxygen atoms in total. The normalized spacial score (nSPS) is 36.0. The van der Waals surface area contributed by atoms with Crippen molar-refractivity contribution >= 4 is 29.1 Å². The standard InChI is InChI=1S/C19H23Cl2NO/c1-11(22-18(23)16-7-15(20)2-3-17(16)21)19-8-12-4-13(9-19)6-14(5-12)10-19/h2-3,7,11-14H,4-6,8-10H2,1H3,(H,22,23). The molecular weight excluding hydrogens is 329 g/mol. The largest absolute Gasteiger partial charge is 0.349 e. The van der Waals surface area contributed by atoms with Gasteiger partial charge in [-0.3, -0.25) is 4.79 Å². The molecule has 4 bridgehead atoms. The highest BCUT2D eigenvalue weighted by molar-refractivity contribution is 6.35. The van der Waals surface area contributed by atoms with Gasteiger partial charge in [-0.1, -0.05) is 23.2 Å². The van der Waals surface area contributed by atoms with E-state index < -0.39 is 0 Å². The third-order valence-electron chi connectivity index (χ3n) is 6.52. The summed E-state index contributed by atoms with van der Waals surface area (Å²) in [5.74, 6) is 2.56. The number of benzene rings is 1. The minimum atomic E-state index is -0.0965. The summed E-state index contributed by atoms with van der Waals surface area (Å²) in [6, 6.07) is 5.25. The summed E-state index contributed by atoms with van der Waals surface area (Å²) in [6.45, 7) is 2.18. The third kappa shape index (κ3) is 2.78. The van der Waals surface area contributed by atoms with E-state index in [2.05, 4.69) is 12.2 Å². The van der Waals surface area contributed by atoms with E-state index in [1.54, 1.807) is 18.2 Å². The average molecular weight is 352 g/mol. The Hall–Kier alpha value is -0.730. The molecule has 1 unspecified atom stereocenters. The molecule has 124 valence electrons. The monoisotopic (exact) mass is 351 g/mol. The molecule has 1 N–H and O–H groups in total. The molecule has 5 rings (SSSR count). The first-order valence-electron chi connectivity index (χ1n) is 8.71. The predicted molar refractivity (Wildman–Crippen MR) is 94.0 cm³/mol. The number of hydrogen-bond donors (Lipinski definition) is 1. The van der Waals surface area contributed by atoms with Crippen molar-refractivity contribution in [3.05, 3.63) is 33.8 Å². The lowest BCUT2D eigenvalue weighted by Gasteiger charge is -2.59. The highest BCUT2D eigenvalue weighted by Gasteiger charge is 2.53. The van der Waals surface area contributed by atoms with Gasteiger partial charge in [-0.15, -0.1) is 0 Å². The molecule has 4 aliphatic rings. The number of halogens is 2. The SMILES string of the molecule is CC(NC(=O)c1cc(Cl)ccc1Cl)C12CC3CC(CC(C3)C1)C2. The van der Waals surface area contributed by atoms with Crippen LogP contribution in [0.2, 0.25) is 10.0 Å². The molecule has 23 heavy (non-hydrogen) atoms. The van der Waals surface area contributed by atoms with Crippen molar-refractivity contribution in [1.82, 2.24) is 5.32 Å². The Bertz CT molecular complexity index is 607. The van der Waals surface area contributed by atoms with Crippen molar-refractivity contribution in [1.29, 1.82) is 0 Å². The molecule has 0 radical (unpaired) electrons. The lowest BCUT2D eigenvalue weighted by atomic mass is 9.48. The molecule has 1 aromatic rings. The molecule has 0 aromatic heterocycles. The minimum Gasteiger partial charge on any atom is -0.349 e. The van der Waals surface area contributed by atoms with Crippen molar-refractivity contribution in [3.8, 4) is 0 Å². The first kappa shape index (κ1) is 15.8. The Morgan fingerprint density at radius 2 is 1.70 bits per heavy atom. The van der Waals surface area contributed by atoms with Crippen LogP contribution >= 0.6 is 23.2 Å². The van der Waals surface area contributed by atoms with Crippen molar-refractivity contribution < 1.29 is 4.79 Å². The van der Waals surface area contributed by atoms with E-state index >= 15 is 0 Å². The topological polar surface area (TPSA) is 29.1 Å². The van der Waals surface area contributed by atoms with Gasteiger partial charge in [-0.05, 0) is 86.8 Å². The van der Waals surface area contributed by atoms with Gasteiger partial charge in [0.05, 0.1) is 10.6 Å². The fourth-order valence-corrected chi connectivity index (χ4v) is 6.18. The molecule has 4 fully saturated rings. The van der Waals surface area contributed by atoms with Gasteiger partial charge in [0.25, 0.3) is 5.91 Å². The van der Waals surface area contributed by atoms with E-state index in [4.69, 9.17) is 23.2 Å². The van der Waals surface area contributed by atoms with Crippen LogP contribution in [0.5, 0.6) is 0 Å². The fourth-order valence-electron chi connectivity index (χ4n) is 5.81. The Labute approximate surface area is 147 Å². The van der Waals surface area contributed by atoms with Crippen LogP contribution in [0.4, 0.5) is 0 Å². The second-order valence-electron chi connectivity index (χ2n) is 8.10. The van der Waals surface area contributed by atoms with Gasteiger partial charge in [0.15, 0.2) is 0 Å². The minimum absolute atomic E-state index is 0.0965. The van der Waals surface area contributed by atoms with Crippen LogP contribution in [0.1, 0.15) is 55.8 Å². The van der Waals surface area contributed by atoms with Crippen molar-refractivity contribution in [2.75, 3.05) is 0 Å². The molecule has 1 amide bonds. The molecule has 0 aliphatic heterocycles. The maximum Gasteiger partial charge on any atom is 0.253 e. The maximum absolute atomic E-state index is 12.7. The Kier molecular flexibility index (Phi) is 3.89. The predicted octanol–water partition coefficient (Wildman–Crippen LogP) is 5.33. The average Bonchev–Trinajstić information content (AvgIpc) is 2.48. The highest BCUT2D eigenvalue weighted by atomic mass is 35.5. The van der Waals surface area contributed by atoms with Gasteiger partial charge in [0.2, 0.25) is 0 Å². The molecule has 0 heterocycles. The van der Waals surface area contributed by atoms with Crippen LogP contribution in [0.25, 0.3) is 0 Å². The van der Waals surface area contributed by atoms with Crippen LogP contribution in [0, 0.1) is 23.2 Å². The van der Waals surface area contributed by atoms with Gasteiger partial charge in [-0.2, -0.15) is 0 Å². The van der Waals surface area contributed by atoms with Crippen molar-refractivity contribution in [2.24, 2.45) is 23.2 Å². The zero-order valence-corrected chi connectivity index (χ0v) is 15.0. The summed E-state index contributed by atoms with van der Waals surface area (Å²) in [4.78, 5) is 12.7. The van der Waals surface area contributed by atoms with E-state index in [9.17, 15) is 4.79 Å². The zero-order valence-electron chi connectivity index (χ0n) is 13.4. The van der Waals surface area contributed by atoms with Gasteiger partial charge in [0.1, 0.15) is 0 Å². The number of carbonyl (C=O) groups excluding carboxylic acids is 1. The molecule has 4 heteroatoms. The number of rotatable bonds is 3. The number of amides is 1. The lowest BCUT2D eigenvalue weighted by Crippen LogP contribution is -2.55. The molecule has 1 atom stereocenters. The first-order chi connectivity index (χ1) is 10.9. The number of nitrogens with one attached hydrogen (secondary N) is 1. The number of carbonyl (C=O) groups is 1. The Balaban J connectivity index is 1.52. The van der Waals surface area contributed by atoms with Gasteiger partial charge in [-0.25, -0.2) is 0 Å². The second kappa shape index (κ2) is 5.67. The van der Waals surface area contributed by atoms with E-state index in [1.165, 1.54) is 38.5 Å². The highest BCUT2D eigenvalue weighted by Crippen LogP contribution is 2.61. The van der Waals surface area contributed by atoms with Crippen LogP contribution < -0.4 is 5.32 Å². The molecule has 0 spiro atoms. The summed E-state index contributed by atoms with van der Waals surface area (Å²) < 4.78 is 0. The van der Waals surface area contributed by atoms with Crippen molar-refractivity contribution in [3.63, 3.8) is 0 Å². The summed E-state index contributed by atoms with van der Waals surface area (Å²) in [5.41, 5.74) is 0.783. The number of hydrogen-bond acceptors (Lipinski definition) is 1. The van der Waals surface area contributed by atoms with E-state index in [1.807, 2.05) is 0 Å². The molecule has 4 aliphatic carbocycles. The van der Waals surface area contributed by atoms with Crippen LogP contribution in [0.3, 0.4) is 0 Å². The maximum atomic E-state index is 12.7. The van der Waals surface area contributed by atoms with E-state index in [0.29, 0.717) is 21.0 Å². The van der Waals surface area contributed by atoms with E-state index in [0.717, 1.165) is 17.8 Å². The summed E-state index contributed by atoms with van der Waals surface area (Å²) in [5, 5.41) is 4.25. The molecule has 1 aromatic carbocycles. The summed E-state index contributed by atoms with van der Waals surface area (Å²) in [6.07, 6.45) is 8.09. The second-order valence-corrected chi connectivity index (χ2v) is 8.94. The van der Waals surface area contributed by atoms with E-state index in [-0.39, 0.29) is 11.9 Å². The van der Waals surface area contributed by atoms with Crippen LogP contribution in [-0.2, 0) is 0 Å². The molecular formula is C19H23Cl2NO. The van der Waals surface area contributed by atoms with Crippen LogP contribution in [0.15, 0.2) is 18.2 Å². The summed E-state index contributed by atoms with van der Waals surface area (Å²) >= 11 is 12.2. The fraction of sp³-hybridized carbons (Fsp3) is 0.632. The molecule has 4 saturated carbocycles. The van der Waals surface area contributed by atoms with Crippen molar-refractivity contribution in [2.45, 2.75) is 51.5 Å². The zero-order chi connectivity index (χ0) is 16.2. The Morgan fingerprint density at radius 3 is 2.26 bits per heavy atom. The van der Waals surface area contributed by atoms with Gasteiger partial charge >= 0.3 is 0 Å². The van der Waals surface area contributed by atoms with Gasteiger partial charge < -0.3 is 5.32 Å². The third-order valence-corrected chi connectivity index (χ3v) is 7.09. The van der Waals surface area contributed by atoms with Gasteiger partial charge in [0, 0.05) is 11.1 Å². The smallest absolute Gasteiger partial charge is 0.253 e. The lowest BCUT2D eigenvalue weighted by molar-refractivity contribution is -0.0688. The Morgan fingerprint density at radius 1 is 1.13 bits per heavy atom. The molecule has 0 saturated heterocycles. The summed E-state index contributed by atoms with van der Waals surface area (Å²) in [7, 11) is 0.